The molecule has 1 saturated carbocycles. The maximum absolute atomic E-state index is 12.1. The second-order valence-corrected chi connectivity index (χ2v) is 6.41. The summed E-state index contributed by atoms with van der Waals surface area (Å²) >= 11 is 1.42. The molecule has 5 heteroatoms. The molecule has 2 N–H and O–H groups in total. The van der Waals surface area contributed by atoms with Gasteiger partial charge in [0.25, 0.3) is 5.91 Å². The number of para-hydroxylation sites is 1. The third-order valence-electron chi connectivity index (χ3n) is 3.79. The van der Waals surface area contributed by atoms with Crippen LogP contribution in [0.1, 0.15) is 35.5 Å². The Hall–Kier alpha value is -1.46. The van der Waals surface area contributed by atoms with Crippen LogP contribution in [-0.2, 0) is 0 Å². The number of carbonyl (C=O) groups excluding carboxylic acids is 1. The van der Waals surface area contributed by atoms with Gasteiger partial charge in [-0.15, -0.1) is 11.3 Å². The summed E-state index contributed by atoms with van der Waals surface area (Å²) in [6, 6.07) is 7.76. The van der Waals surface area contributed by atoms with E-state index in [1.807, 2.05) is 24.3 Å². The van der Waals surface area contributed by atoms with Crippen LogP contribution in [0.4, 0.5) is 0 Å². The van der Waals surface area contributed by atoms with Crippen molar-refractivity contribution in [3.63, 3.8) is 0 Å². The first-order valence-corrected chi connectivity index (χ1v) is 7.86. The van der Waals surface area contributed by atoms with Crippen molar-refractivity contribution in [3.8, 4) is 0 Å². The summed E-state index contributed by atoms with van der Waals surface area (Å²) < 4.78 is 1.03. The van der Waals surface area contributed by atoms with Crippen molar-refractivity contribution in [2.24, 2.45) is 5.92 Å². The minimum Gasteiger partial charge on any atom is -0.393 e. The Kier molecular flexibility index (Phi) is 3.98. The molecule has 1 amide bonds. The summed E-state index contributed by atoms with van der Waals surface area (Å²) in [4.78, 5) is 16.5. The monoisotopic (exact) mass is 290 g/mol. The topological polar surface area (TPSA) is 62.2 Å². The van der Waals surface area contributed by atoms with Crippen LogP contribution in [0.3, 0.4) is 0 Å². The molecule has 20 heavy (non-hydrogen) atoms. The molecule has 1 fully saturated rings. The molecule has 0 aliphatic heterocycles. The van der Waals surface area contributed by atoms with Gasteiger partial charge in [0, 0.05) is 6.54 Å². The molecule has 4 nitrogen and oxygen atoms in total. The average Bonchev–Trinajstić information content (AvgIpc) is 2.89. The molecule has 1 heterocycles. The number of fused-ring (bicyclic) bond motifs is 1. The molecule has 0 spiro atoms. The second-order valence-electron chi connectivity index (χ2n) is 5.38. The zero-order chi connectivity index (χ0) is 13.9. The zero-order valence-corrected chi connectivity index (χ0v) is 12.0. The fourth-order valence-corrected chi connectivity index (χ4v) is 3.61. The first-order chi connectivity index (χ1) is 9.72. The molecular formula is C15H18N2O2S. The average molecular weight is 290 g/mol. The van der Waals surface area contributed by atoms with Crippen molar-refractivity contribution in [1.29, 1.82) is 0 Å². The van der Waals surface area contributed by atoms with Gasteiger partial charge in [-0.05, 0) is 37.3 Å². The van der Waals surface area contributed by atoms with E-state index in [1.54, 1.807) is 0 Å². The summed E-state index contributed by atoms with van der Waals surface area (Å²) in [5.41, 5.74) is 0.871. The van der Waals surface area contributed by atoms with Gasteiger partial charge in [-0.1, -0.05) is 18.6 Å². The Balaban J connectivity index is 1.61. The summed E-state index contributed by atoms with van der Waals surface area (Å²) in [6.07, 6.45) is 3.61. The Morgan fingerprint density at radius 2 is 2.25 bits per heavy atom. The summed E-state index contributed by atoms with van der Waals surface area (Å²) in [5.74, 6) is 0.281. The number of hydrogen-bond donors (Lipinski definition) is 2. The number of benzene rings is 1. The van der Waals surface area contributed by atoms with Gasteiger partial charge in [0.1, 0.15) is 0 Å². The van der Waals surface area contributed by atoms with Gasteiger partial charge in [0.05, 0.1) is 16.3 Å². The highest BCUT2D eigenvalue weighted by atomic mass is 32.1. The van der Waals surface area contributed by atoms with E-state index in [0.29, 0.717) is 17.5 Å². The third-order valence-corrected chi connectivity index (χ3v) is 4.83. The first kappa shape index (κ1) is 13.5. The fourth-order valence-electron chi connectivity index (χ4n) is 2.73. The quantitative estimate of drug-likeness (QED) is 0.913. The summed E-state index contributed by atoms with van der Waals surface area (Å²) in [7, 11) is 0. The number of aliphatic hydroxyl groups excluding tert-OH is 1. The van der Waals surface area contributed by atoms with Gasteiger partial charge in [-0.3, -0.25) is 4.79 Å². The van der Waals surface area contributed by atoms with Crippen molar-refractivity contribution in [1.82, 2.24) is 10.3 Å². The van der Waals surface area contributed by atoms with Gasteiger partial charge in [-0.2, -0.15) is 0 Å². The number of nitrogens with one attached hydrogen (secondary N) is 1. The number of aliphatic hydroxyl groups is 1. The normalized spacial score (nSPS) is 22.9. The standard InChI is InChI=1S/C15H18N2O2S/c18-11-5-3-4-10(8-11)9-16-14(19)15-17-12-6-1-2-7-13(12)20-15/h1-2,6-7,10-11,18H,3-5,8-9H2,(H,16,19). The molecule has 0 radical (unpaired) electrons. The lowest BCUT2D eigenvalue weighted by Gasteiger charge is -2.25. The number of amides is 1. The Labute approximate surface area is 121 Å². The van der Waals surface area contributed by atoms with Gasteiger partial charge < -0.3 is 10.4 Å². The number of carbonyl (C=O) groups is 1. The van der Waals surface area contributed by atoms with Gasteiger partial charge >= 0.3 is 0 Å². The van der Waals surface area contributed by atoms with E-state index < -0.39 is 0 Å². The van der Waals surface area contributed by atoms with E-state index in [9.17, 15) is 9.90 Å². The number of nitrogens with zero attached hydrogens (tertiary/aromatic N) is 1. The maximum atomic E-state index is 12.1. The van der Waals surface area contributed by atoms with E-state index in [0.717, 1.165) is 35.9 Å². The van der Waals surface area contributed by atoms with Crippen molar-refractivity contribution in [2.45, 2.75) is 31.8 Å². The Bertz CT molecular complexity index is 578. The molecule has 0 saturated heterocycles. The molecule has 0 bridgehead atoms. The SMILES string of the molecule is O=C(NCC1CCCC(O)C1)c1nc2ccccc2s1. The van der Waals surface area contributed by atoms with Crippen molar-refractivity contribution in [2.75, 3.05) is 6.54 Å². The highest BCUT2D eigenvalue weighted by molar-refractivity contribution is 7.20. The largest absolute Gasteiger partial charge is 0.393 e. The lowest BCUT2D eigenvalue weighted by Crippen LogP contribution is -2.32. The van der Waals surface area contributed by atoms with Gasteiger partial charge in [-0.25, -0.2) is 4.98 Å². The van der Waals surface area contributed by atoms with Crippen LogP contribution in [-0.4, -0.2) is 28.6 Å². The molecule has 1 aliphatic carbocycles. The smallest absolute Gasteiger partial charge is 0.280 e. The molecule has 2 atom stereocenters. The Morgan fingerprint density at radius 3 is 3.05 bits per heavy atom. The van der Waals surface area contributed by atoms with E-state index in [-0.39, 0.29) is 12.0 Å². The number of hydrogen-bond acceptors (Lipinski definition) is 4. The minimum absolute atomic E-state index is 0.105. The van der Waals surface area contributed by atoms with Crippen LogP contribution in [0, 0.1) is 5.92 Å². The molecule has 1 aliphatic rings. The minimum atomic E-state index is -0.201. The van der Waals surface area contributed by atoms with Gasteiger partial charge in [0.15, 0.2) is 5.01 Å². The van der Waals surface area contributed by atoms with Crippen LogP contribution in [0.5, 0.6) is 0 Å². The third kappa shape index (κ3) is 2.99. The number of aromatic nitrogens is 1. The number of thiazole rings is 1. The molecule has 106 valence electrons. The van der Waals surface area contributed by atoms with Gasteiger partial charge in [0.2, 0.25) is 0 Å². The highest BCUT2D eigenvalue weighted by Gasteiger charge is 2.21. The summed E-state index contributed by atoms with van der Waals surface area (Å²) in [6.45, 7) is 0.631. The first-order valence-electron chi connectivity index (χ1n) is 7.04. The molecule has 3 rings (SSSR count). The lowest BCUT2D eigenvalue weighted by molar-refractivity contribution is 0.0873. The number of rotatable bonds is 3. The fraction of sp³-hybridized carbons (Fsp3) is 0.467. The second kappa shape index (κ2) is 5.89. The highest BCUT2D eigenvalue weighted by Crippen LogP contribution is 2.24. The van der Waals surface area contributed by atoms with E-state index >= 15 is 0 Å². The predicted octanol–water partition coefficient (Wildman–Crippen LogP) is 2.58. The lowest BCUT2D eigenvalue weighted by atomic mass is 9.87. The predicted molar refractivity (Wildman–Crippen MR) is 79.9 cm³/mol. The molecule has 1 aromatic carbocycles. The molecular weight excluding hydrogens is 272 g/mol. The molecule has 1 aromatic heterocycles. The maximum Gasteiger partial charge on any atom is 0.280 e. The zero-order valence-electron chi connectivity index (χ0n) is 11.2. The van der Waals surface area contributed by atoms with Crippen molar-refractivity contribution >= 4 is 27.5 Å². The van der Waals surface area contributed by atoms with Crippen LogP contribution in [0.25, 0.3) is 10.2 Å². The van der Waals surface area contributed by atoms with Crippen LogP contribution in [0.2, 0.25) is 0 Å². The Morgan fingerprint density at radius 1 is 1.40 bits per heavy atom. The molecule has 2 aromatic rings. The summed E-state index contributed by atoms with van der Waals surface area (Å²) in [5, 5.41) is 13.1. The molecule has 2 unspecified atom stereocenters. The van der Waals surface area contributed by atoms with Crippen LogP contribution < -0.4 is 5.32 Å². The van der Waals surface area contributed by atoms with Crippen LogP contribution in [0.15, 0.2) is 24.3 Å². The van der Waals surface area contributed by atoms with Crippen molar-refractivity contribution < 1.29 is 9.90 Å². The van der Waals surface area contributed by atoms with E-state index in [2.05, 4.69) is 10.3 Å². The van der Waals surface area contributed by atoms with Crippen LogP contribution >= 0.6 is 11.3 Å². The van der Waals surface area contributed by atoms with E-state index in [4.69, 9.17) is 0 Å². The van der Waals surface area contributed by atoms with E-state index in [1.165, 1.54) is 11.3 Å². The van der Waals surface area contributed by atoms with Crippen molar-refractivity contribution in [3.05, 3.63) is 29.3 Å².